The number of halogens is 1. The molecule has 0 saturated carbocycles. The first kappa shape index (κ1) is 13.8. The summed E-state index contributed by atoms with van der Waals surface area (Å²) in [6.07, 6.45) is 1.78. The lowest BCUT2D eigenvalue weighted by molar-refractivity contribution is 0.236. The van der Waals surface area contributed by atoms with Gasteiger partial charge < -0.3 is 10.6 Å². The molecular formula is C13H19ClN2O. The third kappa shape index (κ3) is 4.65. The molecule has 2 amide bonds. The van der Waals surface area contributed by atoms with Crippen LogP contribution in [0.5, 0.6) is 0 Å². The number of carbonyl (C=O) groups is 1. The summed E-state index contributed by atoms with van der Waals surface area (Å²) in [7, 11) is 0. The third-order valence-electron chi connectivity index (χ3n) is 2.52. The van der Waals surface area contributed by atoms with Crippen LogP contribution in [0.3, 0.4) is 0 Å². The summed E-state index contributed by atoms with van der Waals surface area (Å²) in [6, 6.07) is 7.47. The molecular weight excluding hydrogens is 236 g/mol. The van der Waals surface area contributed by atoms with Gasteiger partial charge in [0.2, 0.25) is 0 Å². The van der Waals surface area contributed by atoms with E-state index >= 15 is 0 Å². The van der Waals surface area contributed by atoms with Crippen LogP contribution in [0, 0.1) is 0 Å². The molecule has 0 fully saturated rings. The monoisotopic (exact) mass is 254 g/mol. The van der Waals surface area contributed by atoms with Crippen molar-refractivity contribution in [3.8, 4) is 0 Å². The number of rotatable bonds is 5. The van der Waals surface area contributed by atoms with E-state index in [1.807, 2.05) is 38.1 Å². The average Bonchev–Trinajstić information content (AvgIpc) is 2.34. The van der Waals surface area contributed by atoms with Gasteiger partial charge in [-0.05, 0) is 30.5 Å². The lowest BCUT2D eigenvalue weighted by Gasteiger charge is -2.17. The van der Waals surface area contributed by atoms with Crippen molar-refractivity contribution in [2.75, 3.05) is 6.54 Å². The highest BCUT2D eigenvalue weighted by atomic mass is 35.5. The van der Waals surface area contributed by atoms with Crippen molar-refractivity contribution < 1.29 is 4.79 Å². The number of hydrogen-bond donors (Lipinski definition) is 2. The molecule has 2 N–H and O–H groups in total. The summed E-state index contributed by atoms with van der Waals surface area (Å²) in [4.78, 5) is 11.6. The predicted octanol–water partition coefficient (Wildman–Crippen LogP) is 3.50. The summed E-state index contributed by atoms with van der Waals surface area (Å²) < 4.78 is 0. The van der Waals surface area contributed by atoms with Crippen LogP contribution in [0.2, 0.25) is 5.02 Å². The molecule has 1 rings (SSSR count). The first-order valence-electron chi connectivity index (χ1n) is 5.97. The Hall–Kier alpha value is -1.22. The molecule has 0 saturated heterocycles. The highest BCUT2D eigenvalue weighted by Crippen LogP contribution is 2.18. The van der Waals surface area contributed by atoms with Crippen molar-refractivity contribution in [1.29, 1.82) is 0 Å². The molecule has 3 nitrogen and oxygen atoms in total. The molecule has 0 unspecified atom stereocenters. The molecule has 1 atom stereocenters. The van der Waals surface area contributed by atoms with Gasteiger partial charge in [0.05, 0.1) is 6.04 Å². The molecule has 94 valence electrons. The van der Waals surface area contributed by atoms with Crippen molar-refractivity contribution in [2.24, 2.45) is 0 Å². The Morgan fingerprint density at radius 2 is 1.94 bits per heavy atom. The first-order chi connectivity index (χ1) is 8.17. The van der Waals surface area contributed by atoms with E-state index < -0.39 is 0 Å². The number of hydrogen-bond acceptors (Lipinski definition) is 1. The number of urea groups is 1. The maximum Gasteiger partial charge on any atom is 0.315 e. The summed E-state index contributed by atoms with van der Waals surface area (Å²) in [5, 5.41) is 6.45. The van der Waals surface area contributed by atoms with Gasteiger partial charge in [-0.15, -0.1) is 0 Å². The Morgan fingerprint density at radius 1 is 1.29 bits per heavy atom. The summed E-state index contributed by atoms with van der Waals surface area (Å²) >= 11 is 5.83. The van der Waals surface area contributed by atoms with Crippen LogP contribution in [-0.2, 0) is 0 Å². The minimum absolute atomic E-state index is 0.0316. The molecule has 0 heterocycles. The lowest BCUT2D eigenvalue weighted by Crippen LogP contribution is -2.38. The zero-order chi connectivity index (χ0) is 12.7. The van der Waals surface area contributed by atoms with Crippen molar-refractivity contribution in [2.45, 2.75) is 32.7 Å². The van der Waals surface area contributed by atoms with Crippen molar-refractivity contribution >= 4 is 17.6 Å². The smallest absolute Gasteiger partial charge is 0.315 e. The highest BCUT2D eigenvalue weighted by Gasteiger charge is 2.11. The fraction of sp³-hybridized carbons (Fsp3) is 0.462. The summed E-state index contributed by atoms with van der Waals surface area (Å²) in [6.45, 7) is 4.76. The normalized spacial score (nSPS) is 11.9. The second-order valence-corrected chi connectivity index (χ2v) is 4.35. The van der Waals surface area contributed by atoms with Gasteiger partial charge in [0.1, 0.15) is 0 Å². The van der Waals surface area contributed by atoms with Gasteiger partial charge in [-0.3, -0.25) is 0 Å². The quantitative estimate of drug-likeness (QED) is 0.830. The number of amides is 2. The highest BCUT2D eigenvalue weighted by molar-refractivity contribution is 6.30. The van der Waals surface area contributed by atoms with Crippen molar-refractivity contribution in [1.82, 2.24) is 10.6 Å². The SMILES string of the molecule is CCCNC(=O)N[C@H](CC)c1ccc(Cl)cc1. The Morgan fingerprint density at radius 3 is 2.47 bits per heavy atom. The summed E-state index contributed by atoms with van der Waals surface area (Å²) in [5.41, 5.74) is 1.07. The van der Waals surface area contributed by atoms with Gasteiger partial charge in [0.15, 0.2) is 0 Å². The second kappa shape index (κ2) is 7.17. The molecule has 0 aliphatic rings. The Balaban J connectivity index is 2.59. The van der Waals surface area contributed by atoms with E-state index in [2.05, 4.69) is 10.6 Å². The molecule has 0 aliphatic heterocycles. The zero-order valence-corrected chi connectivity index (χ0v) is 11.1. The average molecular weight is 255 g/mol. The van der Waals surface area contributed by atoms with E-state index in [0.29, 0.717) is 11.6 Å². The van der Waals surface area contributed by atoms with Gasteiger partial charge >= 0.3 is 6.03 Å². The fourth-order valence-corrected chi connectivity index (χ4v) is 1.69. The van der Waals surface area contributed by atoms with E-state index in [-0.39, 0.29) is 12.1 Å². The van der Waals surface area contributed by atoms with Crippen LogP contribution >= 0.6 is 11.6 Å². The number of nitrogens with one attached hydrogen (secondary N) is 2. The topological polar surface area (TPSA) is 41.1 Å². The minimum Gasteiger partial charge on any atom is -0.338 e. The molecule has 0 bridgehead atoms. The largest absolute Gasteiger partial charge is 0.338 e. The van der Waals surface area contributed by atoms with E-state index in [0.717, 1.165) is 18.4 Å². The summed E-state index contributed by atoms with van der Waals surface area (Å²) in [5.74, 6) is 0. The van der Waals surface area contributed by atoms with E-state index in [4.69, 9.17) is 11.6 Å². The molecule has 0 spiro atoms. The molecule has 0 aromatic heterocycles. The maximum atomic E-state index is 11.6. The number of benzene rings is 1. The Kier molecular flexibility index (Phi) is 5.84. The van der Waals surface area contributed by atoms with Crippen molar-refractivity contribution in [3.63, 3.8) is 0 Å². The van der Waals surface area contributed by atoms with Gasteiger partial charge in [0.25, 0.3) is 0 Å². The molecule has 1 aromatic rings. The van der Waals surface area contributed by atoms with Gasteiger partial charge in [-0.1, -0.05) is 37.6 Å². The van der Waals surface area contributed by atoms with E-state index in [1.54, 1.807) is 0 Å². The van der Waals surface area contributed by atoms with Crippen LogP contribution in [0.15, 0.2) is 24.3 Å². The van der Waals surface area contributed by atoms with E-state index in [9.17, 15) is 4.79 Å². The standard InChI is InChI=1S/C13H19ClN2O/c1-3-9-15-13(17)16-12(4-2)10-5-7-11(14)8-6-10/h5-8,12H,3-4,9H2,1-2H3,(H2,15,16,17)/t12-/m1/s1. The van der Waals surface area contributed by atoms with Gasteiger partial charge in [-0.2, -0.15) is 0 Å². The van der Waals surface area contributed by atoms with Crippen LogP contribution in [-0.4, -0.2) is 12.6 Å². The van der Waals surface area contributed by atoms with Crippen LogP contribution in [0.1, 0.15) is 38.3 Å². The van der Waals surface area contributed by atoms with Crippen LogP contribution in [0.4, 0.5) is 4.79 Å². The van der Waals surface area contributed by atoms with Crippen molar-refractivity contribution in [3.05, 3.63) is 34.9 Å². The minimum atomic E-state index is -0.117. The second-order valence-electron chi connectivity index (χ2n) is 3.91. The molecule has 4 heteroatoms. The van der Waals surface area contributed by atoms with Crippen LogP contribution < -0.4 is 10.6 Å². The lowest BCUT2D eigenvalue weighted by atomic mass is 10.1. The number of carbonyl (C=O) groups excluding carboxylic acids is 1. The Labute approximate surface area is 108 Å². The predicted molar refractivity (Wildman–Crippen MR) is 71.3 cm³/mol. The third-order valence-corrected chi connectivity index (χ3v) is 2.77. The van der Waals surface area contributed by atoms with Crippen LogP contribution in [0.25, 0.3) is 0 Å². The first-order valence-corrected chi connectivity index (χ1v) is 6.35. The Bertz CT molecular complexity index is 351. The maximum absolute atomic E-state index is 11.6. The molecule has 0 aliphatic carbocycles. The van der Waals surface area contributed by atoms with Gasteiger partial charge in [-0.25, -0.2) is 4.79 Å². The molecule has 0 radical (unpaired) electrons. The van der Waals surface area contributed by atoms with Gasteiger partial charge in [0, 0.05) is 11.6 Å². The molecule has 1 aromatic carbocycles. The van der Waals surface area contributed by atoms with E-state index in [1.165, 1.54) is 0 Å². The molecule has 17 heavy (non-hydrogen) atoms. The zero-order valence-electron chi connectivity index (χ0n) is 10.3. The fourth-order valence-electron chi connectivity index (χ4n) is 1.56.